The van der Waals surface area contributed by atoms with Gasteiger partial charge in [0.05, 0.1) is 0 Å². The maximum atomic E-state index is 11.8. The number of imide groups is 1. The SMILES string of the molecule is CC1CC(=O)N(C2CCCC2CN)C1=O. The molecule has 15 heavy (non-hydrogen) atoms. The van der Waals surface area contributed by atoms with Crippen molar-refractivity contribution < 1.29 is 9.59 Å². The van der Waals surface area contributed by atoms with Gasteiger partial charge in [-0.05, 0) is 25.3 Å². The average molecular weight is 210 g/mol. The van der Waals surface area contributed by atoms with E-state index in [9.17, 15) is 9.59 Å². The molecule has 1 aliphatic carbocycles. The fraction of sp³-hybridized carbons (Fsp3) is 0.818. The summed E-state index contributed by atoms with van der Waals surface area (Å²) < 4.78 is 0. The molecule has 0 aromatic carbocycles. The van der Waals surface area contributed by atoms with Crippen LogP contribution in [0.4, 0.5) is 0 Å². The molecule has 0 radical (unpaired) electrons. The minimum absolute atomic E-state index is 0.00199. The molecule has 4 nitrogen and oxygen atoms in total. The number of nitrogens with two attached hydrogens (primary N) is 1. The van der Waals surface area contributed by atoms with Crippen LogP contribution < -0.4 is 5.73 Å². The molecule has 2 fully saturated rings. The number of carbonyl (C=O) groups is 2. The summed E-state index contributed by atoms with van der Waals surface area (Å²) in [5, 5.41) is 0. The first-order chi connectivity index (χ1) is 7.15. The van der Waals surface area contributed by atoms with E-state index in [1.54, 1.807) is 0 Å². The zero-order chi connectivity index (χ0) is 11.0. The average Bonchev–Trinajstić information content (AvgIpc) is 2.73. The number of nitrogens with zero attached hydrogens (tertiary/aromatic N) is 1. The van der Waals surface area contributed by atoms with E-state index in [2.05, 4.69) is 0 Å². The summed E-state index contributed by atoms with van der Waals surface area (Å²) in [5.41, 5.74) is 5.67. The van der Waals surface area contributed by atoms with Crippen LogP contribution in [0.1, 0.15) is 32.6 Å². The van der Waals surface area contributed by atoms with E-state index in [-0.39, 0.29) is 23.8 Å². The molecule has 0 aromatic rings. The standard InChI is InChI=1S/C11H18N2O2/c1-7-5-10(14)13(11(7)15)9-4-2-3-8(9)6-12/h7-9H,2-6,12H2,1H3. The summed E-state index contributed by atoms with van der Waals surface area (Å²) in [6.45, 7) is 2.41. The van der Waals surface area contributed by atoms with Gasteiger partial charge in [-0.2, -0.15) is 0 Å². The summed E-state index contributed by atoms with van der Waals surface area (Å²) in [4.78, 5) is 25.0. The molecule has 3 unspecified atom stereocenters. The molecule has 1 heterocycles. The van der Waals surface area contributed by atoms with Crippen LogP contribution in [0, 0.1) is 11.8 Å². The second kappa shape index (κ2) is 3.93. The van der Waals surface area contributed by atoms with E-state index >= 15 is 0 Å². The Kier molecular flexibility index (Phi) is 2.78. The van der Waals surface area contributed by atoms with Gasteiger partial charge in [-0.3, -0.25) is 14.5 Å². The van der Waals surface area contributed by atoms with Crippen molar-refractivity contribution in [1.82, 2.24) is 4.90 Å². The highest BCUT2D eigenvalue weighted by atomic mass is 16.2. The first kappa shape index (κ1) is 10.6. The Morgan fingerprint density at radius 2 is 2.13 bits per heavy atom. The van der Waals surface area contributed by atoms with Gasteiger partial charge < -0.3 is 5.73 Å². The number of amides is 2. The molecule has 1 saturated heterocycles. The highest BCUT2D eigenvalue weighted by Gasteiger charge is 2.43. The van der Waals surface area contributed by atoms with Crippen molar-refractivity contribution in [2.24, 2.45) is 17.6 Å². The van der Waals surface area contributed by atoms with Crippen molar-refractivity contribution in [1.29, 1.82) is 0 Å². The van der Waals surface area contributed by atoms with Crippen molar-refractivity contribution in [3.05, 3.63) is 0 Å². The van der Waals surface area contributed by atoms with Crippen LogP contribution in [-0.2, 0) is 9.59 Å². The van der Waals surface area contributed by atoms with Gasteiger partial charge in [0.1, 0.15) is 0 Å². The Morgan fingerprint density at radius 3 is 2.67 bits per heavy atom. The Bertz CT molecular complexity index is 290. The molecule has 3 atom stereocenters. The fourth-order valence-electron chi connectivity index (χ4n) is 2.79. The summed E-state index contributed by atoms with van der Waals surface area (Å²) in [6, 6.07) is 0.0833. The van der Waals surface area contributed by atoms with E-state index in [1.807, 2.05) is 6.92 Å². The van der Waals surface area contributed by atoms with Gasteiger partial charge in [0.25, 0.3) is 0 Å². The molecule has 2 N–H and O–H groups in total. The number of rotatable bonds is 2. The van der Waals surface area contributed by atoms with Crippen LogP contribution in [0.2, 0.25) is 0 Å². The molecule has 2 aliphatic rings. The van der Waals surface area contributed by atoms with Crippen molar-refractivity contribution >= 4 is 11.8 Å². The Hall–Kier alpha value is -0.900. The van der Waals surface area contributed by atoms with Crippen LogP contribution in [0.5, 0.6) is 0 Å². The van der Waals surface area contributed by atoms with Gasteiger partial charge in [-0.25, -0.2) is 0 Å². The monoisotopic (exact) mass is 210 g/mol. The largest absolute Gasteiger partial charge is 0.330 e. The molecule has 0 spiro atoms. The Labute approximate surface area is 89.8 Å². The van der Waals surface area contributed by atoms with Crippen LogP contribution in [0.25, 0.3) is 0 Å². The molecular weight excluding hydrogens is 192 g/mol. The first-order valence-electron chi connectivity index (χ1n) is 5.71. The Balaban J connectivity index is 2.16. The van der Waals surface area contributed by atoms with Crippen LogP contribution >= 0.6 is 0 Å². The van der Waals surface area contributed by atoms with Crippen LogP contribution in [-0.4, -0.2) is 29.3 Å². The number of likely N-dealkylation sites (tertiary alicyclic amines) is 1. The zero-order valence-corrected chi connectivity index (χ0v) is 9.11. The van der Waals surface area contributed by atoms with Gasteiger partial charge in [0.2, 0.25) is 11.8 Å². The van der Waals surface area contributed by atoms with Gasteiger partial charge >= 0.3 is 0 Å². The van der Waals surface area contributed by atoms with Crippen molar-refractivity contribution in [2.75, 3.05) is 6.54 Å². The summed E-state index contributed by atoms with van der Waals surface area (Å²) in [7, 11) is 0. The topological polar surface area (TPSA) is 63.4 Å². The molecule has 84 valence electrons. The third-order valence-electron chi connectivity index (χ3n) is 3.66. The fourth-order valence-corrected chi connectivity index (χ4v) is 2.79. The summed E-state index contributed by atoms with van der Waals surface area (Å²) >= 11 is 0. The molecule has 0 bridgehead atoms. The molecule has 1 saturated carbocycles. The lowest BCUT2D eigenvalue weighted by molar-refractivity contribution is -0.142. The summed E-state index contributed by atoms with van der Waals surface area (Å²) in [6.07, 6.45) is 3.45. The highest BCUT2D eigenvalue weighted by molar-refractivity contribution is 6.03. The van der Waals surface area contributed by atoms with Gasteiger partial charge in [-0.1, -0.05) is 13.3 Å². The normalized spacial score (nSPS) is 36.7. The van der Waals surface area contributed by atoms with Gasteiger partial charge in [0.15, 0.2) is 0 Å². The predicted octanol–water partition coefficient (Wildman–Crippen LogP) is 0.509. The lowest BCUT2D eigenvalue weighted by Crippen LogP contribution is -2.44. The molecule has 2 amide bonds. The van der Waals surface area contributed by atoms with E-state index in [1.165, 1.54) is 4.90 Å². The lowest BCUT2D eigenvalue weighted by Gasteiger charge is -2.27. The smallest absolute Gasteiger partial charge is 0.232 e. The lowest BCUT2D eigenvalue weighted by atomic mass is 10.0. The molecule has 4 heteroatoms. The van der Waals surface area contributed by atoms with Crippen LogP contribution in [0.15, 0.2) is 0 Å². The minimum atomic E-state index is -0.128. The van der Waals surface area contributed by atoms with Crippen molar-refractivity contribution in [3.8, 4) is 0 Å². The molecule has 1 aliphatic heterocycles. The maximum Gasteiger partial charge on any atom is 0.232 e. The minimum Gasteiger partial charge on any atom is -0.330 e. The number of hydrogen-bond donors (Lipinski definition) is 1. The van der Waals surface area contributed by atoms with Gasteiger partial charge in [-0.15, -0.1) is 0 Å². The van der Waals surface area contributed by atoms with E-state index in [0.29, 0.717) is 18.9 Å². The first-order valence-corrected chi connectivity index (χ1v) is 5.71. The highest BCUT2D eigenvalue weighted by Crippen LogP contribution is 2.33. The van der Waals surface area contributed by atoms with Crippen molar-refractivity contribution in [3.63, 3.8) is 0 Å². The van der Waals surface area contributed by atoms with E-state index in [4.69, 9.17) is 5.73 Å². The molecule has 2 rings (SSSR count). The van der Waals surface area contributed by atoms with E-state index < -0.39 is 0 Å². The zero-order valence-electron chi connectivity index (χ0n) is 9.11. The van der Waals surface area contributed by atoms with Gasteiger partial charge in [0, 0.05) is 18.4 Å². The number of hydrogen-bond acceptors (Lipinski definition) is 3. The second-order valence-electron chi connectivity index (χ2n) is 4.70. The van der Waals surface area contributed by atoms with E-state index in [0.717, 1.165) is 19.3 Å². The number of carbonyl (C=O) groups excluding carboxylic acids is 2. The van der Waals surface area contributed by atoms with Crippen LogP contribution in [0.3, 0.4) is 0 Å². The Morgan fingerprint density at radius 1 is 1.40 bits per heavy atom. The maximum absolute atomic E-state index is 11.8. The summed E-state index contributed by atoms with van der Waals surface area (Å²) in [5.74, 6) is 0.197. The third kappa shape index (κ3) is 1.67. The third-order valence-corrected chi connectivity index (χ3v) is 3.66. The second-order valence-corrected chi connectivity index (χ2v) is 4.70. The predicted molar refractivity (Wildman–Crippen MR) is 55.8 cm³/mol. The molecule has 0 aromatic heterocycles. The van der Waals surface area contributed by atoms with Crippen molar-refractivity contribution in [2.45, 2.75) is 38.6 Å². The molecular formula is C11H18N2O2. The quantitative estimate of drug-likeness (QED) is 0.675.